The van der Waals surface area contributed by atoms with Crippen LogP contribution in [0, 0.1) is 0 Å². The van der Waals surface area contributed by atoms with Crippen LogP contribution < -0.4 is 28.4 Å². The monoisotopic (exact) mass is 231 g/mol. The van der Waals surface area contributed by atoms with E-state index in [9.17, 15) is 9.59 Å². The maximum atomic E-state index is 10.9. The van der Waals surface area contributed by atoms with Crippen LogP contribution in [0.25, 0.3) is 0 Å². The van der Waals surface area contributed by atoms with Crippen LogP contribution in [-0.2, 0) is 19.2 Å². The van der Waals surface area contributed by atoms with Gasteiger partial charge in [0.2, 0.25) is 0 Å². The highest BCUT2D eigenvalue weighted by Gasteiger charge is 2.27. The van der Waals surface area contributed by atoms with E-state index in [1.165, 1.54) is 0 Å². The molecule has 0 aliphatic rings. The van der Waals surface area contributed by atoms with Gasteiger partial charge in [-0.15, -0.1) is 0 Å². The molecule has 0 atom stereocenters. The predicted molar refractivity (Wildman–Crippen MR) is 53.1 cm³/mol. The van der Waals surface area contributed by atoms with E-state index in [0.29, 0.717) is 0 Å². The molecule has 0 aromatic rings. The third-order valence-electron chi connectivity index (χ3n) is 1.09. The fraction of sp³-hybridized carbons (Fsp3) is 0.143. The zero-order chi connectivity index (χ0) is 12.9. The average Bonchev–Trinajstić information content (AvgIpc) is 2.13. The van der Waals surface area contributed by atoms with E-state index in [1.54, 1.807) is 5.48 Å². The van der Waals surface area contributed by atoms with Crippen molar-refractivity contribution in [2.75, 3.05) is 0 Å². The fourth-order valence-corrected chi connectivity index (χ4v) is 0.431. The summed E-state index contributed by atoms with van der Waals surface area (Å²) in [6, 6.07) is 0. The molecule has 0 radical (unpaired) electrons. The van der Waals surface area contributed by atoms with Crippen molar-refractivity contribution in [2.24, 2.45) is 22.9 Å². The van der Waals surface area contributed by atoms with Crippen molar-refractivity contribution in [3.8, 4) is 0 Å². The summed E-state index contributed by atoms with van der Waals surface area (Å²) >= 11 is 0. The lowest BCUT2D eigenvalue weighted by molar-refractivity contribution is -0.187. The number of hydroxylamine groups is 1. The minimum atomic E-state index is -2.26. The number of rotatable bonds is 5. The Labute approximate surface area is 91.0 Å². The maximum absolute atomic E-state index is 10.9. The maximum Gasteiger partial charge on any atom is 0.372 e. The molecule has 0 amide bonds. The molecule has 0 aromatic heterocycles. The Morgan fingerprint density at radius 1 is 1.06 bits per heavy atom. The summed E-state index contributed by atoms with van der Waals surface area (Å²) in [6.07, 6.45) is 0. The van der Waals surface area contributed by atoms with E-state index >= 15 is 0 Å². The summed E-state index contributed by atoms with van der Waals surface area (Å²) in [5.74, 6) is -4.35. The second-order valence-electron chi connectivity index (χ2n) is 2.72. The van der Waals surface area contributed by atoms with Crippen molar-refractivity contribution in [3.63, 3.8) is 0 Å². The van der Waals surface area contributed by atoms with Gasteiger partial charge < -0.3 is 21.0 Å². The molecule has 0 aliphatic heterocycles. The Morgan fingerprint density at radius 2 is 1.50 bits per heavy atom. The summed E-state index contributed by atoms with van der Waals surface area (Å²) in [6.45, 7) is 6.17. The van der Waals surface area contributed by atoms with Gasteiger partial charge in [-0.1, -0.05) is 18.6 Å². The quantitative estimate of drug-likeness (QED) is 0.144. The highest BCUT2D eigenvalue weighted by atomic mass is 16.7. The SMILES string of the molecule is C=C(N)C(=O)ONC(N)(N)OC(=O)C(=C)N. The lowest BCUT2D eigenvalue weighted by Crippen LogP contribution is -2.64. The van der Waals surface area contributed by atoms with Gasteiger partial charge in [0.1, 0.15) is 11.4 Å². The molecule has 0 aromatic carbocycles. The first kappa shape index (κ1) is 13.9. The van der Waals surface area contributed by atoms with Gasteiger partial charge in [0.05, 0.1) is 0 Å². The molecule has 0 saturated heterocycles. The van der Waals surface area contributed by atoms with Gasteiger partial charge >= 0.3 is 17.9 Å². The largest absolute Gasteiger partial charge is 0.409 e. The molecule has 16 heavy (non-hydrogen) atoms. The van der Waals surface area contributed by atoms with Gasteiger partial charge in [-0.25, -0.2) is 9.59 Å². The molecule has 0 aliphatic carbocycles. The molecule has 9 N–H and O–H groups in total. The third kappa shape index (κ3) is 4.95. The second-order valence-corrected chi connectivity index (χ2v) is 2.72. The molecule has 0 rings (SSSR count). The Kier molecular flexibility index (Phi) is 4.44. The van der Waals surface area contributed by atoms with Crippen molar-refractivity contribution in [1.82, 2.24) is 5.48 Å². The van der Waals surface area contributed by atoms with Crippen LogP contribution in [0.15, 0.2) is 24.6 Å². The number of nitrogens with one attached hydrogen (secondary N) is 1. The molecule has 9 nitrogen and oxygen atoms in total. The molecule has 0 heterocycles. The number of ether oxygens (including phenoxy) is 1. The van der Waals surface area contributed by atoms with E-state index < -0.39 is 29.3 Å². The zero-order valence-electron chi connectivity index (χ0n) is 8.36. The van der Waals surface area contributed by atoms with Crippen LogP contribution in [0.4, 0.5) is 0 Å². The van der Waals surface area contributed by atoms with Gasteiger partial charge in [0.25, 0.3) is 0 Å². The van der Waals surface area contributed by atoms with Crippen molar-refractivity contribution < 1.29 is 19.2 Å². The number of carbonyl (C=O) groups excluding carboxylic acids is 2. The number of hydrogen-bond acceptors (Lipinski definition) is 9. The minimum absolute atomic E-state index is 0.391. The molecule has 0 unspecified atom stereocenters. The second kappa shape index (κ2) is 5.11. The van der Waals surface area contributed by atoms with Crippen molar-refractivity contribution >= 4 is 11.9 Å². The summed E-state index contributed by atoms with van der Waals surface area (Å²) in [4.78, 5) is 26.0. The van der Waals surface area contributed by atoms with E-state index in [0.717, 1.165) is 0 Å². The fourth-order valence-electron chi connectivity index (χ4n) is 0.431. The summed E-state index contributed by atoms with van der Waals surface area (Å²) < 4.78 is 4.36. The number of esters is 1. The first-order chi connectivity index (χ1) is 7.15. The highest BCUT2D eigenvalue weighted by Crippen LogP contribution is 1.95. The molecule has 9 heteroatoms. The van der Waals surface area contributed by atoms with Gasteiger partial charge in [0, 0.05) is 0 Å². The molecule has 0 bridgehead atoms. The van der Waals surface area contributed by atoms with Gasteiger partial charge in [-0.3, -0.25) is 11.5 Å². The Hall–Kier alpha value is -2.10. The smallest absolute Gasteiger partial charge is 0.372 e. The standard InChI is InChI=1S/C7H13N5O4/c1-3(8)5(13)15-7(10,11)12-16-6(14)4(2)9/h12H,1-2,8-11H2. The molecule has 90 valence electrons. The van der Waals surface area contributed by atoms with E-state index in [2.05, 4.69) is 22.7 Å². The van der Waals surface area contributed by atoms with Crippen molar-refractivity contribution in [3.05, 3.63) is 24.6 Å². The number of nitrogens with two attached hydrogens (primary N) is 4. The topological polar surface area (TPSA) is 169 Å². The van der Waals surface area contributed by atoms with Gasteiger partial charge in [-0.05, 0) is 0 Å². The van der Waals surface area contributed by atoms with Crippen LogP contribution >= 0.6 is 0 Å². The molecule has 0 saturated carbocycles. The van der Waals surface area contributed by atoms with Crippen LogP contribution in [0.5, 0.6) is 0 Å². The van der Waals surface area contributed by atoms with Gasteiger partial charge in [0.15, 0.2) is 0 Å². The number of carbonyl (C=O) groups is 2. The molecule has 0 spiro atoms. The van der Waals surface area contributed by atoms with Crippen molar-refractivity contribution in [2.45, 2.75) is 5.97 Å². The zero-order valence-corrected chi connectivity index (χ0v) is 8.36. The Bertz CT molecular complexity index is 338. The average molecular weight is 231 g/mol. The lowest BCUT2D eigenvalue weighted by atomic mass is 10.5. The minimum Gasteiger partial charge on any atom is -0.409 e. The summed E-state index contributed by atoms with van der Waals surface area (Å²) in [7, 11) is 0. The summed E-state index contributed by atoms with van der Waals surface area (Å²) in [5, 5.41) is 0. The first-order valence-corrected chi connectivity index (χ1v) is 3.84. The first-order valence-electron chi connectivity index (χ1n) is 3.84. The highest BCUT2D eigenvalue weighted by molar-refractivity contribution is 5.87. The Balaban J connectivity index is 4.25. The Morgan fingerprint density at radius 3 is 1.88 bits per heavy atom. The van der Waals surface area contributed by atoms with Crippen molar-refractivity contribution in [1.29, 1.82) is 0 Å². The molecular formula is C7H13N5O4. The predicted octanol–water partition coefficient (Wildman–Crippen LogP) is -2.95. The van der Waals surface area contributed by atoms with Crippen LogP contribution in [0.1, 0.15) is 0 Å². The van der Waals surface area contributed by atoms with E-state index in [4.69, 9.17) is 22.9 Å². The van der Waals surface area contributed by atoms with Crippen LogP contribution in [0.2, 0.25) is 0 Å². The number of hydrogen-bond donors (Lipinski definition) is 5. The van der Waals surface area contributed by atoms with Crippen LogP contribution in [-0.4, -0.2) is 17.9 Å². The van der Waals surface area contributed by atoms with E-state index in [1.807, 2.05) is 0 Å². The lowest BCUT2D eigenvalue weighted by Gasteiger charge is -2.23. The normalized spacial score (nSPS) is 10.4. The molecular weight excluding hydrogens is 218 g/mol. The van der Waals surface area contributed by atoms with Gasteiger partial charge in [-0.2, -0.15) is 0 Å². The molecule has 0 fully saturated rings. The summed E-state index contributed by atoms with van der Waals surface area (Å²) in [5.41, 5.74) is 21.3. The van der Waals surface area contributed by atoms with Crippen LogP contribution in [0.3, 0.4) is 0 Å². The third-order valence-corrected chi connectivity index (χ3v) is 1.09. The van der Waals surface area contributed by atoms with E-state index in [-0.39, 0.29) is 0 Å².